The van der Waals surface area contributed by atoms with Gasteiger partial charge < -0.3 is 13.7 Å². The monoisotopic (exact) mass is 925 g/mol. The fraction of sp³-hybridized carbons (Fsp3) is 0.130. The van der Waals surface area contributed by atoms with Crippen LogP contribution < -0.4 is 4.90 Å². The van der Waals surface area contributed by atoms with Gasteiger partial charge in [-0.25, -0.2) is 0 Å². The molecule has 2 aromatic heterocycles. The molecule has 0 atom stereocenters. The number of benzene rings is 10. The molecule has 0 N–H and O–H groups in total. The van der Waals surface area contributed by atoms with Crippen molar-refractivity contribution in [2.75, 3.05) is 4.90 Å². The Bertz CT molecular complexity index is 4300. The number of hydrogen-bond donors (Lipinski definition) is 0. The Balaban J connectivity index is 0.977. The molecule has 0 amide bonds. The van der Waals surface area contributed by atoms with E-state index >= 15 is 0 Å². The molecule has 0 spiro atoms. The molecule has 344 valence electrons. The van der Waals surface area contributed by atoms with Crippen LogP contribution in [0.5, 0.6) is 0 Å². The summed E-state index contributed by atoms with van der Waals surface area (Å²) >= 11 is 0. The van der Waals surface area contributed by atoms with Crippen molar-refractivity contribution in [1.29, 1.82) is 0 Å². The van der Waals surface area contributed by atoms with Crippen LogP contribution in [0.2, 0.25) is 0 Å². The predicted octanol–water partition coefficient (Wildman–Crippen LogP) is 19.2. The first-order valence-corrected chi connectivity index (χ1v) is 25.4. The lowest BCUT2D eigenvalue weighted by atomic mass is 9.72. The molecular formula is C69H51NO2. The van der Waals surface area contributed by atoms with E-state index in [1.807, 2.05) is 0 Å². The topological polar surface area (TPSA) is 29.5 Å². The maximum Gasteiger partial charge on any atom is 0.144 e. The van der Waals surface area contributed by atoms with Gasteiger partial charge in [-0.15, -0.1) is 0 Å². The fourth-order valence-electron chi connectivity index (χ4n) is 13.7. The zero-order valence-corrected chi connectivity index (χ0v) is 41.3. The summed E-state index contributed by atoms with van der Waals surface area (Å²) in [5, 5.41) is 4.71. The number of fused-ring (bicyclic) bond motifs is 19. The Morgan fingerprint density at radius 3 is 1.47 bits per heavy atom. The highest BCUT2D eigenvalue weighted by atomic mass is 16.3. The number of nitrogens with zero attached hydrogens (tertiary/aromatic N) is 1. The van der Waals surface area contributed by atoms with E-state index in [4.69, 9.17) is 8.83 Å². The average Bonchev–Trinajstić information content (AvgIpc) is 4.16. The third-order valence-corrected chi connectivity index (χ3v) is 17.0. The minimum Gasteiger partial charge on any atom is -0.455 e. The second-order valence-electron chi connectivity index (χ2n) is 21.9. The van der Waals surface area contributed by atoms with E-state index in [2.05, 4.69) is 247 Å². The van der Waals surface area contributed by atoms with Crippen LogP contribution in [0.15, 0.2) is 209 Å². The van der Waals surface area contributed by atoms with Crippen molar-refractivity contribution in [3.63, 3.8) is 0 Å². The Kier molecular flexibility index (Phi) is 8.26. The molecule has 0 radical (unpaired) electrons. The molecule has 0 aliphatic heterocycles. The molecule has 2 heterocycles. The molecule has 3 aliphatic rings. The van der Waals surface area contributed by atoms with Crippen LogP contribution in [0.1, 0.15) is 74.9 Å². The van der Waals surface area contributed by atoms with Crippen LogP contribution >= 0.6 is 0 Å². The Morgan fingerprint density at radius 1 is 0.333 bits per heavy atom. The molecule has 0 bridgehead atoms. The van der Waals surface area contributed by atoms with Crippen LogP contribution in [-0.4, -0.2) is 0 Å². The van der Waals surface area contributed by atoms with Crippen molar-refractivity contribution in [2.45, 2.75) is 57.8 Å². The van der Waals surface area contributed by atoms with E-state index in [9.17, 15) is 0 Å². The molecular weight excluding hydrogens is 875 g/mol. The third kappa shape index (κ3) is 5.35. The molecule has 3 nitrogen and oxygen atoms in total. The summed E-state index contributed by atoms with van der Waals surface area (Å²) in [6, 6.07) is 73.6. The molecule has 0 saturated carbocycles. The van der Waals surface area contributed by atoms with Crippen LogP contribution in [0.25, 0.3) is 99.5 Å². The summed E-state index contributed by atoms with van der Waals surface area (Å²) in [5.41, 5.74) is 26.6. The van der Waals surface area contributed by atoms with E-state index < -0.39 is 0 Å². The number of furan rings is 2. The van der Waals surface area contributed by atoms with Gasteiger partial charge in [-0.05, 0) is 121 Å². The van der Waals surface area contributed by atoms with Gasteiger partial charge in [0.1, 0.15) is 22.3 Å². The highest BCUT2D eigenvalue weighted by Gasteiger charge is 2.49. The Morgan fingerprint density at radius 2 is 0.806 bits per heavy atom. The van der Waals surface area contributed by atoms with E-state index in [1.165, 1.54) is 94.0 Å². The highest BCUT2D eigenvalue weighted by Crippen LogP contribution is 2.64. The van der Waals surface area contributed by atoms with E-state index in [0.29, 0.717) is 0 Å². The van der Waals surface area contributed by atoms with Gasteiger partial charge in [0.25, 0.3) is 0 Å². The van der Waals surface area contributed by atoms with Gasteiger partial charge in [0.15, 0.2) is 0 Å². The van der Waals surface area contributed by atoms with Crippen molar-refractivity contribution in [3.8, 4) is 55.6 Å². The van der Waals surface area contributed by atoms with E-state index in [0.717, 1.165) is 55.9 Å². The summed E-state index contributed by atoms with van der Waals surface area (Å²) in [5.74, 6) is 0. The van der Waals surface area contributed by atoms with Gasteiger partial charge in [0, 0.05) is 65.9 Å². The lowest BCUT2D eigenvalue weighted by Gasteiger charge is -2.32. The van der Waals surface area contributed by atoms with Crippen LogP contribution in [0, 0.1) is 0 Å². The smallest absolute Gasteiger partial charge is 0.144 e. The standard InChI is InChI=1S/C69H51NO2/c1-67(2)52-37-42(33-35-46(52)58-54(67)39-50(41-23-11-8-12-24-41)65-60(58)48-27-15-19-31-56(48)71-65)70(55-30-18-14-25-44(55)40-21-9-7-10-22-40)43-34-36-47-53(38-43)69(5,6)63-59(47)61-49-28-16-20-32-57(49)72-66(61)62-45-26-13-17-29-51(45)68(3,4)64(62)63/h7-39H,1-6H3. The fourth-order valence-corrected chi connectivity index (χ4v) is 13.7. The first-order valence-electron chi connectivity index (χ1n) is 25.4. The second-order valence-corrected chi connectivity index (χ2v) is 21.9. The van der Waals surface area contributed by atoms with E-state index in [-0.39, 0.29) is 16.2 Å². The van der Waals surface area contributed by atoms with Crippen molar-refractivity contribution in [2.24, 2.45) is 0 Å². The molecule has 12 aromatic rings. The predicted molar refractivity (Wildman–Crippen MR) is 299 cm³/mol. The molecule has 0 unspecified atom stereocenters. The average molecular weight is 926 g/mol. The SMILES string of the molecule is CC1(C)c2cc(N(c3ccc4c(c3)C(C)(C)c3c5c(c6oc7ccccc7c6c3-4)-c3ccccc3C5(C)C)c3ccccc3-c3ccccc3)ccc2-c2c1cc(-c1ccccc1)c1oc3ccccc3c21. The maximum absolute atomic E-state index is 7.02. The minimum atomic E-state index is -0.349. The molecule has 0 saturated heterocycles. The summed E-state index contributed by atoms with van der Waals surface area (Å²) in [4.78, 5) is 2.52. The number of rotatable bonds is 5. The van der Waals surface area contributed by atoms with Gasteiger partial charge in [0.2, 0.25) is 0 Å². The zero-order valence-electron chi connectivity index (χ0n) is 41.3. The molecule has 0 fully saturated rings. The van der Waals surface area contributed by atoms with Crippen molar-refractivity contribution in [1.82, 2.24) is 0 Å². The lowest BCUT2D eigenvalue weighted by molar-refractivity contribution is 0.600. The maximum atomic E-state index is 7.02. The van der Waals surface area contributed by atoms with Crippen LogP contribution in [0.4, 0.5) is 17.1 Å². The lowest BCUT2D eigenvalue weighted by Crippen LogP contribution is -2.24. The second kappa shape index (κ2) is 14.4. The first-order chi connectivity index (χ1) is 35.0. The van der Waals surface area contributed by atoms with Crippen molar-refractivity contribution >= 4 is 60.9 Å². The van der Waals surface area contributed by atoms with Crippen LogP contribution in [0.3, 0.4) is 0 Å². The van der Waals surface area contributed by atoms with Gasteiger partial charge >= 0.3 is 0 Å². The quantitative estimate of drug-likeness (QED) is 0.172. The number of anilines is 3. The van der Waals surface area contributed by atoms with E-state index in [1.54, 1.807) is 0 Å². The third-order valence-electron chi connectivity index (χ3n) is 17.0. The number of hydrogen-bond acceptors (Lipinski definition) is 3. The Hall–Kier alpha value is -8.40. The molecule has 15 rings (SSSR count). The van der Waals surface area contributed by atoms with Gasteiger partial charge in [-0.2, -0.15) is 0 Å². The summed E-state index contributed by atoms with van der Waals surface area (Å²) in [6.45, 7) is 14.5. The highest BCUT2D eigenvalue weighted by molar-refractivity contribution is 6.21. The van der Waals surface area contributed by atoms with Gasteiger partial charge in [-0.3, -0.25) is 0 Å². The van der Waals surface area contributed by atoms with Gasteiger partial charge in [0.05, 0.1) is 5.69 Å². The molecule has 10 aromatic carbocycles. The molecule has 3 aliphatic carbocycles. The minimum absolute atomic E-state index is 0.239. The molecule has 3 heteroatoms. The zero-order chi connectivity index (χ0) is 48.4. The number of para-hydroxylation sites is 3. The normalized spacial score (nSPS) is 15.1. The first kappa shape index (κ1) is 41.4. The summed E-state index contributed by atoms with van der Waals surface area (Å²) < 4.78 is 13.9. The Labute approximate surface area is 419 Å². The summed E-state index contributed by atoms with van der Waals surface area (Å²) in [7, 11) is 0. The van der Waals surface area contributed by atoms with Gasteiger partial charge in [-0.1, -0.05) is 193 Å². The van der Waals surface area contributed by atoms with Crippen molar-refractivity contribution in [3.05, 3.63) is 234 Å². The van der Waals surface area contributed by atoms with Crippen molar-refractivity contribution < 1.29 is 8.83 Å². The molecule has 72 heavy (non-hydrogen) atoms. The van der Waals surface area contributed by atoms with Crippen LogP contribution in [-0.2, 0) is 16.2 Å². The summed E-state index contributed by atoms with van der Waals surface area (Å²) in [6.07, 6.45) is 0. The largest absolute Gasteiger partial charge is 0.455 e.